The molecule has 0 radical (unpaired) electrons. The van der Waals surface area contributed by atoms with Crippen molar-refractivity contribution in [1.29, 1.82) is 0 Å². The second-order valence-electron chi connectivity index (χ2n) is 5.70. The van der Waals surface area contributed by atoms with E-state index in [4.69, 9.17) is 10.5 Å². The first kappa shape index (κ1) is 14.3. The summed E-state index contributed by atoms with van der Waals surface area (Å²) in [5, 5.41) is 7.95. The van der Waals surface area contributed by atoms with E-state index in [2.05, 4.69) is 10.3 Å². The lowest BCUT2D eigenvalue weighted by molar-refractivity contribution is 0.386. The second kappa shape index (κ2) is 5.11. The molecule has 0 atom stereocenters. The van der Waals surface area contributed by atoms with Crippen LogP contribution in [0.3, 0.4) is 0 Å². The van der Waals surface area contributed by atoms with E-state index >= 15 is 0 Å². The maximum Gasteiger partial charge on any atom is 0.169 e. The van der Waals surface area contributed by atoms with Crippen LogP contribution in [-0.2, 0) is 12.0 Å². The fraction of sp³-hybridized carbons (Fsp3) is 0.429. The Morgan fingerprint density at radius 2 is 2.05 bits per heavy atom. The number of benzene rings is 1. The van der Waals surface area contributed by atoms with Gasteiger partial charge in [0.25, 0.3) is 0 Å². The van der Waals surface area contributed by atoms with Gasteiger partial charge in [0, 0.05) is 5.41 Å². The Morgan fingerprint density at radius 1 is 1.35 bits per heavy atom. The minimum Gasteiger partial charge on any atom is -0.494 e. The van der Waals surface area contributed by atoms with E-state index < -0.39 is 5.82 Å². The molecule has 0 amide bonds. The van der Waals surface area contributed by atoms with Gasteiger partial charge in [-0.15, -0.1) is 5.10 Å². The molecule has 0 saturated carbocycles. The van der Waals surface area contributed by atoms with Crippen LogP contribution < -0.4 is 10.5 Å². The summed E-state index contributed by atoms with van der Waals surface area (Å²) in [6.07, 6.45) is 0. The molecule has 6 heteroatoms. The molecular formula is C14H19FN4O. The molecule has 0 saturated heterocycles. The van der Waals surface area contributed by atoms with E-state index in [1.54, 1.807) is 16.8 Å². The zero-order chi connectivity index (χ0) is 14.9. The normalized spacial score (nSPS) is 11.7. The lowest BCUT2D eigenvalue weighted by Gasteiger charge is -2.20. The van der Waals surface area contributed by atoms with Crippen LogP contribution in [0.2, 0.25) is 0 Å². The molecule has 2 rings (SSSR count). The average molecular weight is 278 g/mol. The summed E-state index contributed by atoms with van der Waals surface area (Å²) in [5.74, 6) is 0.241. The van der Waals surface area contributed by atoms with Crippen LogP contribution >= 0.6 is 0 Å². The number of nitrogen functional groups attached to an aromatic ring is 1. The lowest BCUT2D eigenvalue weighted by atomic mass is 9.92. The summed E-state index contributed by atoms with van der Waals surface area (Å²) in [4.78, 5) is 0. The SMILES string of the molecule is COc1ccc(Cn2nnc(N)c2C(C)(C)C)cc1F. The van der Waals surface area contributed by atoms with Gasteiger partial charge >= 0.3 is 0 Å². The Hall–Kier alpha value is -2.11. The highest BCUT2D eigenvalue weighted by Gasteiger charge is 2.24. The van der Waals surface area contributed by atoms with Crippen LogP contribution in [0.1, 0.15) is 32.0 Å². The van der Waals surface area contributed by atoms with Crippen molar-refractivity contribution in [3.8, 4) is 5.75 Å². The van der Waals surface area contributed by atoms with Crippen molar-refractivity contribution in [2.75, 3.05) is 12.8 Å². The first-order chi connectivity index (χ1) is 9.32. The summed E-state index contributed by atoms with van der Waals surface area (Å²) < 4.78 is 20.3. The minimum absolute atomic E-state index is 0.182. The van der Waals surface area contributed by atoms with E-state index in [9.17, 15) is 4.39 Å². The molecule has 2 aromatic rings. The molecule has 5 nitrogen and oxygen atoms in total. The van der Waals surface area contributed by atoms with Gasteiger partial charge in [-0.25, -0.2) is 9.07 Å². The van der Waals surface area contributed by atoms with Gasteiger partial charge in [0.2, 0.25) is 0 Å². The number of rotatable bonds is 3. The topological polar surface area (TPSA) is 66.0 Å². The zero-order valence-electron chi connectivity index (χ0n) is 12.1. The number of methoxy groups -OCH3 is 1. The largest absolute Gasteiger partial charge is 0.494 e. The molecular weight excluding hydrogens is 259 g/mol. The highest BCUT2D eigenvalue weighted by Crippen LogP contribution is 2.27. The van der Waals surface area contributed by atoms with E-state index in [1.165, 1.54) is 13.2 Å². The van der Waals surface area contributed by atoms with Gasteiger partial charge in [-0.1, -0.05) is 32.1 Å². The van der Waals surface area contributed by atoms with Crippen LogP contribution in [-0.4, -0.2) is 22.1 Å². The highest BCUT2D eigenvalue weighted by molar-refractivity contribution is 5.38. The molecule has 20 heavy (non-hydrogen) atoms. The van der Waals surface area contributed by atoms with Gasteiger partial charge < -0.3 is 10.5 Å². The minimum atomic E-state index is -0.393. The monoisotopic (exact) mass is 278 g/mol. The van der Waals surface area contributed by atoms with Gasteiger partial charge in [0.1, 0.15) is 0 Å². The quantitative estimate of drug-likeness (QED) is 0.936. The lowest BCUT2D eigenvalue weighted by Crippen LogP contribution is -2.20. The number of hydrogen-bond acceptors (Lipinski definition) is 4. The fourth-order valence-corrected chi connectivity index (χ4v) is 2.19. The van der Waals surface area contributed by atoms with E-state index in [0.717, 1.165) is 11.3 Å². The standard InChI is InChI=1S/C14H19FN4O/c1-14(2,3)12-13(16)17-18-19(12)8-9-5-6-11(20-4)10(15)7-9/h5-7H,8,16H2,1-4H3. The Morgan fingerprint density at radius 3 is 2.60 bits per heavy atom. The van der Waals surface area contributed by atoms with Gasteiger partial charge in [0.15, 0.2) is 17.4 Å². The van der Waals surface area contributed by atoms with Crippen molar-refractivity contribution in [3.63, 3.8) is 0 Å². The first-order valence-corrected chi connectivity index (χ1v) is 6.35. The molecule has 0 unspecified atom stereocenters. The predicted molar refractivity (Wildman–Crippen MR) is 75.2 cm³/mol. The fourth-order valence-electron chi connectivity index (χ4n) is 2.19. The van der Waals surface area contributed by atoms with Gasteiger partial charge in [0.05, 0.1) is 19.3 Å². The number of halogens is 1. The number of aromatic nitrogens is 3. The third-order valence-corrected chi connectivity index (χ3v) is 3.02. The summed E-state index contributed by atoms with van der Waals surface area (Å²) in [6.45, 7) is 6.52. The van der Waals surface area contributed by atoms with E-state index in [0.29, 0.717) is 12.4 Å². The zero-order valence-corrected chi connectivity index (χ0v) is 12.1. The van der Waals surface area contributed by atoms with Gasteiger partial charge in [-0.05, 0) is 17.7 Å². The molecule has 0 aliphatic rings. The van der Waals surface area contributed by atoms with Crippen LogP contribution in [0, 0.1) is 5.82 Å². The van der Waals surface area contributed by atoms with Crippen molar-refractivity contribution in [3.05, 3.63) is 35.3 Å². The number of nitrogens with zero attached hydrogens (tertiary/aromatic N) is 3. The molecule has 1 aromatic heterocycles. The van der Waals surface area contributed by atoms with Crippen molar-refractivity contribution in [2.24, 2.45) is 0 Å². The number of anilines is 1. The molecule has 0 bridgehead atoms. The summed E-state index contributed by atoms with van der Waals surface area (Å²) >= 11 is 0. The third kappa shape index (κ3) is 2.74. The molecule has 0 fully saturated rings. The molecule has 0 aliphatic heterocycles. The maximum atomic E-state index is 13.7. The molecule has 108 valence electrons. The molecule has 0 aliphatic carbocycles. The van der Waals surface area contributed by atoms with Crippen LogP contribution in [0.5, 0.6) is 5.75 Å². The first-order valence-electron chi connectivity index (χ1n) is 6.35. The van der Waals surface area contributed by atoms with E-state index in [-0.39, 0.29) is 11.2 Å². The molecule has 1 heterocycles. The van der Waals surface area contributed by atoms with Crippen LogP contribution in [0.25, 0.3) is 0 Å². The Balaban J connectivity index is 2.34. The molecule has 2 N–H and O–H groups in total. The Bertz CT molecular complexity index is 616. The highest BCUT2D eigenvalue weighted by atomic mass is 19.1. The van der Waals surface area contributed by atoms with Crippen LogP contribution in [0.4, 0.5) is 10.2 Å². The van der Waals surface area contributed by atoms with E-state index in [1.807, 2.05) is 20.8 Å². The Labute approximate surface area is 117 Å². The Kier molecular flexibility index (Phi) is 3.65. The maximum absolute atomic E-state index is 13.7. The summed E-state index contributed by atoms with van der Waals surface area (Å²) in [6, 6.07) is 4.83. The number of hydrogen-bond donors (Lipinski definition) is 1. The van der Waals surface area contributed by atoms with Crippen molar-refractivity contribution in [1.82, 2.24) is 15.0 Å². The smallest absolute Gasteiger partial charge is 0.169 e. The van der Waals surface area contributed by atoms with Crippen molar-refractivity contribution >= 4 is 5.82 Å². The third-order valence-electron chi connectivity index (χ3n) is 3.02. The molecule has 0 spiro atoms. The summed E-state index contributed by atoms with van der Waals surface area (Å²) in [5.41, 5.74) is 7.30. The average Bonchev–Trinajstić information content (AvgIpc) is 2.70. The van der Waals surface area contributed by atoms with Gasteiger partial charge in [-0.3, -0.25) is 0 Å². The number of nitrogens with two attached hydrogens (primary N) is 1. The predicted octanol–water partition coefficient (Wildman–Crippen LogP) is 2.35. The van der Waals surface area contributed by atoms with Crippen molar-refractivity contribution < 1.29 is 9.13 Å². The van der Waals surface area contributed by atoms with Crippen LogP contribution in [0.15, 0.2) is 18.2 Å². The van der Waals surface area contributed by atoms with Crippen molar-refractivity contribution in [2.45, 2.75) is 32.7 Å². The number of ether oxygens (including phenoxy) is 1. The molecule has 1 aromatic carbocycles. The summed E-state index contributed by atoms with van der Waals surface area (Å²) in [7, 11) is 1.44. The van der Waals surface area contributed by atoms with Gasteiger partial charge in [-0.2, -0.15) is 0 Å². The second-order valence-corrected chi connectivity index (χ2v) is 5.70.